The van der Waals surface area contributed by atoms with Gasteiger partial charge in [0.25, 0.3) is 0 Å². The van der Waals surface area contributed by atoms with E-state index in [1.165, 1.54) is 30.0 Å². The molecule has 0 saturated heterocycles. The third kappa shape index (κ3) is 5.81. The second kappa shape index (κ2) is 11.0. The normalized spacial score (nSPS) is 11.2. The molecule has 3 aromatic carbocycles. The number of aromatic nitrogens is 3. The van der Waals surface area contributed by atoms with E-state index < -0.39 is 5.82 Å². The van der Waals surface area contributed by atoms with Crippen LogP contribution in [0.1, 0.15) is 25.3 Å². The summed E-state index contributed by atoms with van der Waals surface area (Å²) in [5.41, 5.74) is 3.05. The van der Waals surface area contributed by atoms with E-state index in [0.29, 0.717) is 32.3 Å². The van der Waals surface area contributed by atoms with Crippen LogP contribution >= 0.6 is 46.6 Å². The van der Waals surface area contributed by atoms with Gasteiger partial charge in [-0.05, 0) is 53.9 Å². The topological polar surface area (TPSA) is 59.8 Å². The van der Waals surface area contributed by atoms with Gasteiger partial charge in [0, 0.05) is 16.3 Å². The molecule has 1 amide bonds. The van der Waals surface area contributed by atoms with Crippen molar-refractivity contribution in [3.05, 3.63) is 87.1 Å². The Bertz CT molecular complexity index is 1390. The van der Waals surface area contributed by atoms with Crippen LogP contribution in [-0.2, 0) is 4.79 Å². The summed E-state index contributed by atoms with van der Waals surface area (Å²) >= 11 is 19.6. The number of amides is 1. The minimum atomic E-state index is -0.552. The highest BCUT2D eigenvalue weighted by Gasteiger charge is 2.22. The molecule has 0 radical (unpaired) electrons. The van der Waals surface area contributed by atoms with Crippen molar-refractivity contribution < 1.29 is 9.18 Å². The van der Waals surface area contributed by atoms with Crippen LogP contribution in [-0.4, -0.2) is 26.4 Å². The lowest BCUT2D eigenvalue weighted by molar-refractivity contribution is -0.113. The predicted molar refractivity (Wildman–Crippen MR) is 142 cm³/mol. The van der Waals surface area contributed by atoms with Gasteiger partial charge in [0.2, 0.25) is 5.91 Å². The molecule has 0 aliphatic carbocycles. The summed E-state index contributed by atoms with van der Waals surface area (Å²) in [7, 11) is 0. The molecule has 0 saturated carbocycles. The fourth-order valence-corrected chi connectivity index (χ4v) is 4.92. The first-order chi connectivity index (χ1) is 16.7. The van der Waals surface area contributed by atoms with Crippen LogP contribution in [0.4, 0.5) is 10.1 Å². The number of para-hydroxylation sites is 1. The third-order valence-electron chi connectivity index (χ3n) is 5.14. The lowest BCUT2D eigenvalue weighted by Crippen LogP contribution is -2.15. The van der Waals surface area contributed by atoms with Crippen LogP contribution in [0.15, 0.2) is 65.8 Å². The summed E-state index contributed by atoms with van der Waals surface area (Å²) in [4.78, 5) is 12.6. The molecular weight excluding hydrogens is 530 g/mol. The fraction of sp³-hybridized carbons (Fsp3) is 0.160. The quantitative estimate of drug-likeness (QED) is 0.238. The van der Waals surface area contributed by atoms with Crippen molar-refractivity contribution in [3.8, 4) is 17.1 Å². The van der Waals surface area contributed by atoms with Crippen molar-refractivity contribution in [2.45, 2.75) is 24.9 Å². The number of nitrogens with zero attached hydrogens (tertiary/aromatic N) is 3. The zero-order valence-electron chi connectivity index (χ0n) is 18.7. The first-order valence-corrected chi connectivity index (χ1v) is 12.7. The number of benzene rings is 3. The minimum absolute atomic E-state index is 0.0469. The zero-order chi connectivity index (χ0) is 25.1. The Morgan fingerprint density at radius 2 is 1.80 bits per heavy atom. The minimum Gasteiger partial charge on any atom is -0.325 e. The van der Waals surface area contributed by atoms with Crippen molar-refractivity contribution in [2.24, 2.45) is 0 Å². The summed E-state index contributed by atoms with van der Waals surface area (Å²) in [6.07, 6.45) is 0. The lowest BCUT2D eigenvalue weighted by atomic mass is 10.0. The van der Waals surface area contributed by atoms with E-state index in [2.05, 4.69) is 29.4 Å². The van der Waals surface area contributed by atoms with Crippen molar-refractivity contribution in [1.29, 1.82) is 0 Å². The first kappa shape index (κ1) is 25.5. The molecule has 1 heterocycles. The van der Waals surface area contributed by atoms with Crippen LogP contribution in [0.5, 0.6) is 0 Å². The third-order valence-corrected chi connectivity index (χ3v) is 6.91. The summed E-state index contributed by atoms with van der Waals surface area (Å²) in [5, 5.41) is 12.9. The average Bonchev–Trinajstić information content (AvgIpc) is 3.23. The van der Waals surface area contributed by atoms with Gasteiger partial charge in [0.1, 0.15) is 5.82 Å². The van der Waals surface area contributed by atoms with Gasteiger partial charge in [-0.2, -0.15) is 0 Å². The van der Waals surface area contributed by atoms with Crippen LogP contribution in [0.3, 0.4) is 0 Å². The highest BCUT2D eigenvalue weighted by Crippen LogP contribution is 2.35. The number of hydrogen-bond acceptors (Lipinski definition) is 4. The van der Waals surface area contributed by atoms with Crippen LogP contribution in [0.25, 0.3) is 17.1 Å². The number of carbonyl (C=O) groups excluding carboxylic acids is 1. The van der Waals surface area contributed by atoms with Crippen molar-refractivity contribution in [2.75, 3.05) is 11.1 Å². The highest BCUT2D eigenvalue weighted by molar-refractivity contribution is 7.99. The van der Waals surface area contributed by atoms with Crippen LogP contribution in [0.2, 0.25) is 15.1 Å². The van der Waals surface area contributed by atoms with Gasteiger partial charge < -0.3 is 5.32 Å². The Labute approximate surface area is 221 Å². The van der Waals surface area contributed by atoms with E-state index >= 15 is 0 Å². The average molecular weight is 550 g/mol. The molecule has 4 rings (SSSR count). The zero-order valence-corrected chi connectivity index (χ0v) is 21.8. The van der Waals surface area contributed by atoms with E-state index in [4.69, 9.17) is 34.8 Å². The van der Waals surface area contributed by atoms with Gasteiger partial charge in [-0.3, -0.25) is 9.36 Å². The van der Waals surface area contributed by atoms with Gasteiger partial charge in [-0.15, -0.1) is 10.2 Å². The first-order valence-electron chi connectivity index (χ1n) is 10.6. The summed E-state index contributed by atoms with van der Waals surface area (Å²) in [6, 6.07) is 17.1. The SMILES string of the molecule is CC(C)c1ccccc1-n1c(SCC(=O)Nc2ccc(F)c(Cl)c2)nnc1-c1ccc(Cl)cc1Cl. The van der Waals surface area contributed by atoms with E-state index in [-0.39, 0.29) is 22.6 Å². The van der Waals surface area contributed by atoms with Crippen molar-refractivity contribution >= 4 is 58.2 Å². The maximum absolute atomic E-state index is 13.4. The molecule has 1 aromatic heterocycles. The number of anilines is 1. The summed E-state index contributed by atoms with van der Waals surface area (Å²) < 4.78 is 15.3. The maximum Gasteiger partial charge on any atom is 0.234 e. The Hall–Kier alpha value is -2.58. The molecule has 1 N–H and O–H groups in total. The molecule has 0 aliphatic rings. The summed E-state index contributed by atoms with van der Waals surface area (Å²) in [5.74, 6) is -0.0370. The van der Waals surface area contributed by atoms with Gasteiger partial charge in [-0.25, -0.2) is 4.39 Å². The summed E-state index contributed by atoms with van der Waals surface area (Å²) in [6.45, 7) is 4.21. The largest absolute Gasteiger partial charge is 0.325 e. The number of halogens is 4. The van der Waals surface area contributed by atoms with E-state index in [0.717, 1.165) is 11.3 Å². The molecule has 4 aromatic rings. The molecule has 0 aliphatic heterocycles. The smallest absolute Gasteiger partial charge is 0.234 e. The van der Waals surface area contributed by atoms with Gasteiger partial charge in [0.05, 0.1) is 21.5 Å². The van der Waals surface area contributed by atoms with Gasteiger partial charge in [-0.1, -0.05) is 78.6 Å². The number of nitrogens with one attached hydrogen (secondary N) is 1. The molecule has 180 valence electrons. The predicted octanol–water partition coefficient (Wildman–Crippen LogP) is 7.89. The van der Waals surface area contributed by atoms with E-state index in [1.807, 2.05) is 28.8 Å². The second-order valence-electron chi connectivity index (χ2n) is 7.95. The van der Waals surface area contributed by atoms with Crippen molar-refractivity contribution in [1.82, 2.24) is 14.8 Å². The molecule has 10 heteroatoms. The van der Waals surface area contributed by atoms with Gasteiger partial charge in [0.15, 0.2) is 11.0 Å². The number of thioether (sulfide) groups is 1. The molecule has 35 heavy (non-hydrogen) atoms. The molecule has 0 unspecified atom stereocenters. The monoisotopic (exact) mass is 548 g/mol. The van der Waals surface area contributed by atoms with E-state index in [1.54, 1.807) is 18.2 Å². The molecule has 5 nitrogen and oxygen atoms in total. The standard InChI is InChI=1S/C25H20Cl3FN4OS/c1-14(2)17-5-3-4-6-22(17)33-24(18-9-7-15(26)11-19(18)27)31-32-25(33)35-13-23(34)30-16-8-10-21(29)20(28)12-16/h3-12,14H,13H2,1-2H3,(H,30,34). The Balaban J connectivity index is 1.69. The number of rotatable bonds is 7. The Morgan fingerprint density at radius 1 is 1.03 bits per heavy atom. The molecule has 0 spiro atoms. The Morgan fingerprint density at radius 3 is 2.51 bits per heavy atom. The van der Waals surface area contributed by atoms with Crippen LogP contribution < -0.4 is 5.32 Å². The van der Waals surface area contributed by atoms with Gasteiger partial charge >= 0.3 is 0 Å². The lowest BCUT2D eigenvalue weighted by Gasteiger charge is -2.17. The number of carbonyl (C=O) groups is 1. The van der Waals surface area contributed by atoms with E-state index in [9.17, 15) is 9.18 Å². The maximum atomic E-state index is 13.4. The van der Waals surface area contributed by atoms with Crippen molar-refractivity contribution in [3.63, 3.8) is 0 Å². The van der Waals surface area contributed by atoms with Crippen LogP contribution in [0, 0.1) is 5.82 Å². The number of hydrogen-bond donors (Lipinski definition) is 1. The molecule has 0 bridgehead atoms. The highest BCUT2D eigenvalue weighted by atomic mass is 35.5. The second-order valence-corrected chi connectivity index (χ2v) is 10.1. The fourth-order valence-electron chi connectivity index (χ4n) is 3.51. The molecular formula is C25H20Cl3FN4OS. The molecule has 0 fully saturated rings. The Kier molecular flexibility index (Phi) is 8.02. The molecule has 0 atom stereocenters.